The van der Waals surface area contributed by atoms with Crippen LogP contribution >= 0.6 is 0 Å². The van der Waals surface area contributed by atoms with Crippen LogP contribution in [0, 0.1) is 0 Å². The molecule has 0 fully saturated rings. The van der Waals surface area contributed by atoms with Crippen LogP contribution in [0.15, 0.2) is 16.6 Å². The van der Waals surface area contributed by atoms with Gasteiger partial charge in [0.2, 0.25) is 0 Å². The van der Waals surface area contributed by atoms with Crippen LogP contribution in [0.4, 0.5) is 4.79 Å². The molecule has 0 aromatic carbocycles. The summed E-state index contributed by atoms with van der Waals surface area (Å²) in [4.78, 5) is 29.1. The number of carboxylic acid groups (broad SMARTS) is 1. The predicted octanol–water partition coefficient (Wildman–Crippen LogP) is 2.03. The summed E-state index contributed by atoms with van der Waals surface area (Å²) in [6.07, 6.45) is 1.86. The van der Waals surface area contributed by atoms with Crippen molar-refractivity contribution in [1.82, 2.24) is 10.2 Å². The highest BCUT2D eigenvalue weighted by molar-refractivity contribution is 5.89. The number of rotatable bonds is 6. The quantitative estimate of drug-likeness (QED) is 0.729. The van der Waals surface area contributed by atoms with E-state index >= 15 is 0 Å². The predicted molar refractivity (Wildman–Crippen MR) is 88.7 cm³/mol. The van der Waals surface area contributed by atoms with Crippen molar-refractivity contribution in [2.75, 3.05) is 19.6 Å². The molecule has 1 heterocycles. The Bertz CT molecular complexity index is 506. The van der Waals surface area contributed by atoms with E-state index in [0.29, 0.717) is 25.1 Å². The molecule has 7 heteroatoms. The molecule has 0 aliphatic carbocycles. The van der Waals surface area contributed by atoms with Crippen LogP contribution in [0.5, 0.6) is 0 Å². The zero-order valence-electron chi connectivity index (χ0n) is 14.5. The largest absolute Gasteiger partial charge is 0.478 e. The number of hydrogen-bond acceptors (Lipinski definition) is 5. The molecule has 1 atom stereocenters. The second kappa shape index (κ2) is 7.99. The van der Waals surface area contributed by atoms with E-state index in [1.54, 1.807) is 13.0 Å². The first-order chi connectivity index (χ1) is 10.6. The van der Waals surface area contributed by atoms with Gasteiger partial charge in [0.1, 0.15) is 11.4 Å². The third-order valence-electron chi connectivity index (χ3n) is 3.42. The molecule has 0 bridgehead atoms. The van der Waals surface area contributed by atoms with Crippen LogP contribution in [-0.4, -0.2) is 59.2 Å². The minimum atomic E-state index is -0.904. The third kappa shape index (κ3) is 6.30. The Hall–Kier alpha value is -2.05. The average Bonchev–Trinajstić information content (AvgIpc) is 2.82. The third-order valence-corrected chi connectivity index (χ3v) is 3.42. The molecule has 1 aliphatic rings. The first-order valence-corrected chi connectivity index (χ1v) is 7.81. The van der Waals surface area contributed by atoms with Crippen LogP contribution in [0.25, 0.3) is 0 Å². The van der Waals surface area contributed by atoms with Crippen molar-refractivity contribution >= 4 is 17.9 Å². The first kappa shape index (κ1) is 19.0. The molecule has 0 aromatic heterocycles. The molecule has 1 amide bonds. The van der Waals surface area contributed by atoms with Gasteiger partial charge in [0, 0.05) is 12.1 Å². The average molecular weight is 325 g/mol. The molecule has 0 saturated heterocycles. The lowest BCUT2D eigenvalue weighted by Crippen LogP contribution is -2.43. The summed E-state index contributed by atoms with van der Waals surface area (Å²) in [5.41, 5.74) is -0.199. The van der Waals surface area contributed by atoms with Crippen molar-refractivity contribution in [3.05, 3.63) is 11.6 Å². The van der Waals surface area contributed by atoms with Crippen molar-refractivity contribution in [3.8, 4) is 0 Å². The molecule has 2 N–H and O–H groups in total. The van der Waals surface area contributed by atoms with Crippen LogP contribution in [0.1, 0.15) is 41.0 Å². The van der Waals surface area contributed by atoms with E-state index in [9.17, 15) is 9.59 Å². The molecule has 0 spiro atoms. The fourth-order valence-corrected chi connectivity index (χ4v) is 2.28. The Morgan fingerprint density at radius 3 is 2.65 bits per heavy atom. The zero-order chi connectivity index (χ0) is 17.6. The monoisotopic (exact) mass is 325 g/mol. The lowest BCUT2D eigenvalue weighted by atomic mass is 10.1. The highest BCUT2D eigenvalue weighted by atomic mass is 16.6. The van der Waals surface area contributed by atoms with Gasteiger partial charge in [-0.15, -0.1) is 0 Å². The number of nitrogens with one attached hydrogen (secondary N) is 1. The number of carbonyl (C=O) groups excluding carboxylic acids is 1. The van der Waals surface area contributed by atoms with E-state index in [2.05, 4.69) is 15.2 Å². The second-order valence-corrected chi connectivity index (χ2v) is 6.48. The number of hydrogen-bond donors (Lipinski definition) is 2. The zero-order valence-corrected chi connectivity index (χ0v) is 14.5. The van der Waals surface area contributed by atoms with Gasteiger partial charge in [0.25, 0.3) is 0 Å². The number of carboxylic acids is 1. The molecule has 1 aliphatic heterocycles. The van der Waals surface area contributed by atoms with Crippen molar-refractivity contribution < 1.29 is 19.4 Å². The van der Waals surface area contributed by atoms with E-state index in [1.807, 2.05) is 27.7 Å². The summed E-state index contributed by atoms with van der Waals surface area (Å²) in [7, 11) is 0. The number of aliphatic carboxylic acids is 1. The Morgan fingerprint density at radius 1 is 1.48 bits per heavy atom. The number of amides is 1. The lowest BCUT2D eigenvalue weighted by molar-refractivity contribution is -0.132. The SMILES string of the molecule is CCN1C(CNC(=O)OC(C)(C)C)=NCC1C/C=C(\C)C(=O)O. The van der Waals surface area contributed by atoms with Crippen molar-refractivity contribution in [1.29, 1.82) is 0 Å². The standard InChI is InChI=1S/C16H27N3O4/c1-6-19-12(8-7-11(2)14(20)21)9-17-13(19)10-18-15(22)23-16(3,4)5/h7,12H,6,8-10H2,1-5H3,(H,18,22)(H,20,21)/b11-7+. The summed E-state index contributed by atoms with van der Waals surface area (Å²) < 4.78 is 5.20. The van der Waals surface area contributed by atoms with Gasteiger partial charge >= 0.3 is 12.1 Å². The molecule has 0 aromatic rings. The van der Waals surface area contributed by atoms with Gasteiger partial charge in [-0.2, -0.15) is 0 Å². The van der Waals surface area contributed by atoms with Crippen molar-refractivity contribution in [2.45, 2.75) is 52.7 Å². The molecule has 7 nitrogen and oxygen atoms in total. The number of carbonyl (C=O) groups is 2. The minimum Gasteiger partial charge on any atom is -0.478 e. The molecule has 0 radical (unpaired) electrons. The topological polar surface area (TPSA) is 91.2 Å². The van der Waals surface area contributed by atoms with E-state index in [1.165, 1.54) is 0 Å². The number of likely N-dealkylation sites (N-methyl/N-ethyl adjacent to an activating group) is 1. The highest BCUT2D eigenvalue weighted by Crippen LogP contribution is 2.15. The lowest BCUT2D eigenvalue weighted by Gasteiger charge is -2.26. The van der Waals surface area contributed by atoms with Crippen molar-refractivity contribution in [2.24, 2.45) is 4.99 Å². The first-order valence-electron chi connectivity index (χ1n) is 7.81. The maximum atomic E-state index is 11.7. The van der Waals surface area contributed by atoms with Crippen LogP contribution in [-0.2, 0) is 9.53 Å². The normalized spacial score (nSPS) is 18.7. The number of alkyl carbamates (subject to hydrolysis) is 1. The molecule has 1 unspecified atom stereocenters. The Kier molecular flexibility index (Phi) is 6.60. The van der Waals surface area contributed by atoms with Crippen LogP contribution in [0.2, 0.25) is 0 Å². The smallest absolute Gasteiger partial charge is 0.408 e. The summed E-state index contributed by atoms with van der Waals surface area (Å²) in [5, 5.41) is 11.6. The Balaban J connectivity index is 2.54. The summed E-state index contributed by atoms with van der Waals surface area (Å²) >= 11 is 0. The maximum Gasteiger partial charge on any atom is 0.408 e. The van der Waals surface area contributed by atoms with Crippen molar-refractivity contribution in [3.63, 3.8) is 0 Å². The summed E-state index contributed by atoms with van der Waals surface area (Å²) in [6, 6.07) is 0.129. The molecule has 1 rings (SSSR count). The Labute approximate surface area is 137 Å². The van der Waals surface area contributed by atoms with Gasteiger partial charge in [0.15, 0.2) is 0 Å². The molecule has 130 valence electrons. The molecule has 23 heavy (non-hydrogen) atoms. The number of amidine groups is 1. The summed E-state index contributed by atoms with van der Waals surface area (Å²) in [6.45, 7) is 10.7. The van der Waals surface area contributed by atoms with Crippen LogP contribution < -0.4 is 5.32 Å². The van der Waals surface area contributed by atoms with Gasteiger partial charge in [-0.3, -0.25) is 4.99 Å². The fraction of sp³-hybridized carbons (Fsp3) is 0.688. The van der Waals surface area contributed by atoms with Gasteiger partial charge in [-0.25, -0.2) is 9.59 Å². The number of nitrogens with zero attached hydrogens (tertiary/aromatic N) is 2. The minimum absolute atomic E-state index is 0.129. The maximum absolute atomic E-state index is 11.7. The Morgan fingerprint density at radius 2 is 2.13 bits per heavy atom. The van der Waals surface area contributed by atoms with Gasteiger partial charge < -0.3 is 20.1 Å². The van der Waals surface area contributed by atoms with E-state index < -0.39 is 17.7 Å². The fourth-order valence-electron chi connectivity index (χ4n) is 2.28. The molecular formula is C16H27N3O4. The van der Waals surface area contributed by atoms with Gasteiger partial charge in [-0.1, -0.05) is 6.08 Å². The van der Waals surface area contributed by atoms with E-state index in [-0.39, 0.29) is 6.04 Å². The second-order valence-electron chi connectivity index (χ2n) is 6.48. The molecule has 0 saturated carbocycles. The molecular weight excluding hydrogens is 298 g/mol. The van der Waals surface area contributed by atoms with Gasteiger partial charge in [0.05, 0.1) is 19.1 Å². The van der Waals surface area contributed by atoms with E-state index in [4.69, 9.17) is 9.84 Å². The van der Waals surface area contributed by atoms with Crippen LogP contribution in [0.3, 0.4) is 0 Å². The number of ether oxygens (including phenoxy) is 1. The highest BCUT2D eigenvalue weighted by Gasteiger charge is 2.26. The number of aliphatic imine (C=N–C) groups is 1. The van der Waals surface area contributed by atoms with E-state index in [0.717, 1.165) is 12.4 Å². The summed E-state index contributed by atoms with van der Waals surface area (Å²) in [5.74, 6) is -0.108. The van der Waals surface area contributed by atoms with Gasteiger partial charge in [-0.05, 0) is 41.0 Å².